The van der Waals surface area contributed by atoms with Gasteiger partial charge in [0.05, 0.1) is 13.7 Å². The quantitative estimate of drug-likeness (QED) is 0.584. The Morgan fingerprint density at radius 1 is 1.37 bits per heavy atom. The third kappa shape index (κ3) is 3.22. The first-order chi connectivity index (χ1) is 14.6. The first kappa shape index (κ1) is 18.4. The van der Waals surface area contributed by atoms with Gasteiger partial charge in [-0.2, -0.15) is 0 Å². The molecule has 3 aromatic rings. The van der Waals surface area contributed by atoms with Crippen LogP contribution in [0.25, 0.3) is 11.0 Å². The lowest BCUT2D eigenvalue weighted by molar-refractivity contribution is -0.128. The van der Waals surface area contributed by atoms with E-state index in [4.69, 9.17) is 9.57 Å². The molecule has 0 spiro atoms. The lowest BCUT2D eigenvalue weighted by Gasteiger charge is -2.20. The van der Waals surface area contributed by atoms with Crippen molar-refractivity contribution in [3.05, 3.63) is 53.9 Å². The van der Waals surface area contributed by atoms with E-state index in [1.54, 1.807) is 13.3 Å². The molecule has 2 amide bonds. The molecular weight excluding hydrogens is 386 g/mol. The van der Waals surface area contributed by atoms with Crippen LogP contribution < -0.4 is 20.4 Å². The SMILES string of the molecule is COc1ccc2c(c1)C(c1cc3cccnc3[nH]1)CN2CC(=O)NC1CONC1=O. The molecule has 0 radical (unpaired) electrons. The smallest absolute Gasteiger partial charge is 0.268 e. The number of rotatable bonds is 5. The van der Waals surface area contributed by atoms with E-state index in [0.29, 0.717) is 6.54 Å². The Labute approximate surface area is 172 Å². The predicted molar refractivity (Wildman–Crippen MR) is 109 cm³/mol. The standard InChI is InChI=1S/C21H21N5O4/c1-29-13-4-5-18-14(8-13)15(16-7-12-3-2-6-22-20(12)24-16)9-26(18)10-19(27)23-17-11-30-25-21(17)28/h2-8,15,17H,9-11H2,1H3,(H,22,24)(H,23,27)(H,25,28). The number of anilines is 1. The minimum atomic E-state index is -0.661. The monoisotopic (exact) mass is 407 g/mol. The second kappa shape index (κ2) is 7.34. The number of nitrogens with one attached hydrogen (secondary N) is 3. The second-order valence-corrected chi connectivity index (χ2v) is 7.42. The Morgan fingerprint density at radius 3 is 3.03 bits per heavy atom. The molecule has 2 unspecified atom stereocenters. The van der Waals surface area contributed by atoms with E-state index in [0.717, 1.165) is 33.7 Å². The average Bonchev–Trinajstić information content (AvgIpc) is 3.45. The molecule has 9 heteroatoms. The van der Waals surface area contributed by atoms with Crippen LogP contribution in [0, 0.1) is 0 Å². The Morgan fingerprint density at radius 2 is 2.27 bits per heavy atom. The molecular formula is C21H21N5O4. The normalized spacial score (nSPS) is 20.3. The van der Waals surface area contributed by atoms with Crippen molar-refractivity contribution < 1.29 is 19.2 Å². The summed E-state index contributed by atoms with van der Waals surface area (Å²) in [6, 6.07) is 11.2. The minimum Gasteiger partial charge on any atom is -0.497 e. The summed E-state index contributed by atoms with van der Waals surface area (Å²) < 4.78 is 5.42. The molecule has 2 aromatic heterocycles. The number of pyridine rings is 1. The second-order valence-electron chi connectivity index (χ2n) is 7.42. The number of carbonyl (C=O) groups is 2. The summed E-state index contributed by atoms with van der Waals surface area (Å²) in [4.78, 5) is 38.9. The number of ether oxygens (including phenoxy) is 1. The van der Waals surface area contributed by atoms with Crippen LogP contribution in [0.2, 0.25) is 0 Å². The van der Waals surface area contributed by atoms with Crippen LogP contribution in [-0.4, -0.2) is 54.6 Å². The molecule has 2 aliphatic rings. The topological polar surface area (TPSA) is 109 Å². The zero-order valence-electron chi connectivity index (χ0n) is 16.3. The maximum absolute atomic E-state index is 12.6. The number of hydrogen-bond donors (Lipinski definition) is 3. The van der Waals surface area contributed by atoms with E-state index in [9.17, 15) is 9.59 Å². The van der Waals surface area contributed by atoms with Crippen LogP contribution in [0.3, 0.4) is 0 Å². The molecule has 1 aromatic carbocycles. The van der Waals surface area contributed by atoms with Gasteiger partial charge >= 0.3 is 0 Å². The summed E-state index contributed by atoms with van der Waals surface area (Å²) in [5.41, 5.74) is 6.16. The molecule has 3 N–H and O–H groups in total. The molecule has 154 valence electrons. The Hall–Kier alpha value is -3.59. The van der Waals surface area contributed by atoms with Gasteiger partial charge in [0.2, 0.25) is 5.91 Å². The minimum absolute atomic E-state index is 0.0372. The molecule has 30 heavy (non-hydrogen) atoms. The number of methoxy groups -OCH3 is 1. The molecule has 1 saturated heterocycles. The van der Waals surface area contributed by atoms with Crippen molar-refractivity contribution in [1.29, 1.82) is 0 Å². The largest absolute Gasteiger partial charge is 0.497 e. The molecule has 0 bridgehead atoms. The zero-order chi connectivity index (χ0) is 20.7. The van der Waals surface area contributed by atoms with Crippen LogP contribution >= 0.6 is 0 Å². The lowest BCUT2D eigenvalue weighted by Crippen LogP contribution is -2.46. The van der Waals surface area contributed by atoms with Crippen LogP contribution in [0.4, 0.5) is 5.69 Å². The highest BCUT2D eigenvalue weighted by atomic mass is 16.7. The maximum atomic E-state index is 12.6. The number of amides is 2. The van der Waals surface area contributed by atoms with E-state index in [-0.39, 0.29) is 30.9 Å². The molecule has 0 aliphatic carbocycles. The van der Waals surface area contributed by atoms with Gasteiger partial charge in [0.1, 0.15) is 24.0 Å². The summed E-state index contributed by atoms with van der Waals surface area (Å²) in [5.74, 6) is 0.231. The number of hydroxylamine groups is 1. The van der Waals surface area contributed by atoms with Gasteiger partial charge in [-0.1, -0.05) is 0 Å². The number of nitrogens with zero attached hydrogens (tertiary/aromatic N) is 2. The van der Waals surface area contributed by atoms with Crippen molar-refractivity contribution in [2.75, 3.05) is 31.7 Å². The molecule has 4 heterocycles. The molecule has 5 rings (SSSR count). The lowest BCUT2D eigenvalue weighted by atomic mass is 9.97. The predicted octanol–water partition coefficient (Wildman–Crippen LogP) is 1.07. The molecule has 1 fully saturated rings. The zero-order valence-corrected chi connectivity index (χ0v) is 16.3. The van der Waals surface area contributed by atoms with E-state index in [1.165, 1.54) is 0 Å². The summed E-state index contributed by atoms with van der Waals surface area (Å²) >= 11 is 0. The number of fused-ring (bicyclic) bond motifs is 2. The fraction of sp³-hybridized carbons (Fsp3) is 0.286. The van der Waals surface area contributed by atoms with Crippen molar-refractivity contribution in [3.8, 4) is 5.75 Å². The van der Waals surface area contributed by atoms with Gasteiger partial charge in [0.15, 0.2) is 0 Å². The highest BCUT2D eigenvalue weighted by Gasteiger charge is 2.34. The van der Waals surface area contributed by atoms with Crippen LogP contribution in [-0.2, 0) is 14.4 Å². The number of H-pyrrole nitrogens is 1. The van der Waals surface area contributed by atoms with Gasteiger partial charge in [0.25, 0.3) is 5.91 Å². The van der Waals surface area contributed by atoms with Crippen molar-refractivity contribution in [1.82, 2.24) is 20.8 Å². The Bertz CT molecular complexity index is 1090. The van der Waals surface area contributed by atoms with Gasteiger partial charge in [-0.25, -0.2) is 10.5 Å². The highest BCUT2D eigenvalue weighted by molar-refractivity contribution is 5.90. The number of aromatic nitrogens is 2. The third-order valence-corrected chi connectivity index (χ3v) is 5.55. The third-order valence-electron chi connectivity index (χ3n) is 5.55. The summed E-state index contributed by atoms with van der Waals surface area (Å²) in [7, 11) is 1.64. The Kier molecular flexibility index (Phi) is 4.51. The Balaban J connectivity index is 1.42. The first-order valence-electron chi connectivity index (χ1n) is 9.70. The van der Waals surface area contributed by atoms with E-state index < -0.39 is 6.04 Å². The fourth-order valence-corrected chi connectivity index (χ4v) is 4.09. The van der Waals surface area contributed by atoms with Gasteiger partial charge in [-0.15, -0.1) is 0 Å². The number of carbonyl (C=O) groups excluding carboxylic acids is 2. The molecule has 0 saturated carbocycles. The van der Waals surface area contributed by atoms with E-state index in [2.05, 4.69) is 26.8 Å². The molecule has 2 aliphatic heterocycles. The molecule has 2 atom stereocenters. The van der Waals surface area contributed by atoms with E-state index >= 15 is 0 Å². The number of benzene rings is 1. The van der Waals surface area contributed by atoms with Crippen molar-refractivity contribution in [2.24, 2.45) is 0 Å². The maximum Gasteiger partial charge on any atom is 0.268 e. The van der Waals surface area contributed by atoms with Gasteiger partial charge < -0.3 is 19.9 Å². The summed E-state index contributed by atoms with van der Waals surface area (Å²) in [6.45, 7) is 0.886. The number of hydrogen-bond acceptors (Lipinski definition) is 6. The summed E-state index contributed by atoms with van der Waals surface area (Å²) in [5, 5.41) is 3.77. The van der Waals surface area contributed by atoms with Crippen molar-refractivity contribution in [2.45, 2.75) is 12.0 Å². The van der Waals surface area contributed by atoms with Crippen molar-refractivity contribution >= 4 is 28.5 Å². The highest BCUT2D eigenvalue weighted by Crippen LogP contribution is 2.42. The number of aromatic amines is 1. The van der Waals surface area contributed by atoms with Gasteiger partial charge in [-0.3, -0.25) is 14.4 Å². The van der Waals surface area contributed by atoms with Crippen LogP contribution in [0.1, 0.15) is 17.2 Å². The van der Waals surface area contributed by atoms with Crippen LogP contribution in [0.15, 0.2) is 42.6 Å². The molecule has 9 nitrogen and oxygen atoms in total. The van der Waals surface area contributed by atoms with E-state index in [1.807, 2.05) is 35.2 Å². The first-order valence-corrected chi connectivity index (χ1v) is 9.70. The van der Waals surface area contributed by atoms with Crippen LogP contribution in [0.5, 0.6) is 5.75 Å². The fourth-order valence-electron chi connectivity index (χ4n) is 4.09. The average molecular weight is 407 g/mol. The van der Waals surface area contributed by atoms with Gasteiger partial charge in [0, 0.05) is 35.4 Å². The van der Waals surface area contributed by atoms with Gasteiger partial charge in [-0.05, 0) is 42.0 Å². The summed E-state index contributed by atoms with van der Waals surface area (Å²) in [6.07, 6.45) is 1.76. The van der Waals surface area contributed by atoms with Crippen molar-refractivity contribution in [3.63, 3.8) is 0 Å².